The van der Waals surface area contributed by atoms with Gasteiger partial charge in [-0.25, -0.2) is 16.3 Å². The SMILES string of the molecule is NNC(=O)c1cccc(C(=O)NN=C(c2ccccn2)c2ccccn2)n1. The summed E-state index contributed by atoms with van der Waals surface area (Å²) in [7, 11) is 0. The number of carbonyl (C=O) groups excluding carboxylic acids is 2. The third kappa shape index (κ3) is 4.35. The second-order valence-electron chi connectivity index (χ2n) is 5.21. The molecule has 9 nitrogen and oxygen atoms in total. The Morgan fingerprint density at radius 2 is 1.33 bits per heavy atom. The van der Waals surface area contributed by atoms with Gasteiger partial charge in [0.2, 0.25) is 0 Å². The Balaban J connectivity index is 1.89. The van der Waals surface area contributed by atoms with Gasteiger partial charge in [0.1, 0.15) is 17.1 Å². The van der Waals surface area contributed by atoms with Crippen LogP contribution >= 0.6 is 0 Å². The van der Waals surface area contributed by atoms with Crippen LogP contribution in [0.1, 0.15) is 32.4 Å². The summed E-state index contributed by atoms with van der Waals surface area (Å²) < 4.78 is 0. The number of aromatic nitrogens is 3. The lowest BCUT2D eigenvalue weighted by molar-refractivity contribution is 0.0945. The molecule has 3 aromatic rings. The van der Waals surface area contributed by atoms with Crippen molar-refractivity contribution in [3.63, 3.8) is 0 Å². The molecule has 134 valence electrons. The normalized spacial score (nSPS) is 9.96. The highest BCUT2D eigenvalue weighted by atomic mass is 16.2. The minimum Gasteiger partial charge on any atom is -0.289 e. The van der Waals surface area contributed by atoms with Gasteiger partial charge in [0.15, 0.2) is 0 Å². The molecule has 0 unspecified atom stereocenters. The number of hydrogen-bond acceptors (Lipinski definition) is 7. The summed E-state index contributed by atoms with van der Waals surface area (Å²) in [6.45, 7) is 0. The highest BCUT2D eigenvalue weighted by molar-refractivity contribution is 6.11. The first-order chi connectivity index (χ1) is 13.2. The molecule has 27 heavy (non-hydrogen) atoms. The highest BCUT2D eigenvalue weighted by Crippen LogP contribution is 2.06. The molecule has 0 atom stereocenters. The standard InChI is InChI=1S/C18H15N7O2/c19-23-17(26)14-8-5-9-15(22-14)18(27)25-24-16(12-6-1-3-10-20-12)13-7-2-4-11-21-13/h1-11H,19H2,(H,23,26)(H,25,27). The van der Waals surface area contributed by atoms with Gasteiger partial charge in [-0.2, -0.15) is 5.10 Å². The number of hydrogen-bond donors (Lipinski definition) is 3. The molecule has 0 radical (unpaired) electrons. The average molecular weight is 361 g/mol. The summed E-state index contributed by atoms with van der Waals surface area (Å²) in [6.07, 6.45) is 3.23. The lowest BCUT2D eigenvalue weighted by Gasteiger charge is -2.06. The van der Waals surface area contributed by atoms with Crippen molar-refractivity contribution in [3.8, 4) is 0 Å². The number of pyridine rings is 3. The molecule has 0 aliphatic carbocycles. The Labute approximate surface area is 154 Å². The molecule has 0 fully saturated rings. The Kier molecular flexibility index (Phi) is 5.55. The number of rotatable bonds is 5. The van der Waals surface area contributed by atoms with Gasteiger partial charge >= 0.3 is 0 Å². The van der Waals surface area contributed by atoms with E-state index in [1.165, 1.54) is 18.2 Å². The van der Waals surface area contributed by atoms with Crippen molar-refractivity contribution < 1.29 is 9.59 Å². The van der Waals surface area contributed by atoms with E-state index in [0.717, 1.165) is 0 Å². The van der Waals surface area contributed by atoms with Crippen LogP contribution in [0.25, 0.3) is 0 Å². The molecule has 2 amide bonds. The molecule has 0 aliphatic heterocycles. The maximum Gasteiger partial charge on any atom is 0.289 e. The van der Waals surface area contributed by atoms with Crippen molar-refractivity contribution in [2.24, 2.45) is 10.9 Å². The van der Waals surface area contributed by atoms with E-state index in [1.807, 2.05) is 5.43 Å². The topological polar surface area (TPSA) is 135 Å². The van der Waals surface area contributed by atoms with Gasteiger partial charge in [-0.05, 0) is 36.4 Å². The van der Waals surface area contributed by atoms with Gasteiger partial charge in [-0.3, -0.25) is 25.0 Å². The van der Waals surface area contributed by atoms with Crippen molar-refractivity contribution >= 4 is 17.5 Å². The van der Waals surface area contributed by atoms with E-state index in [4.69, 9.17) is 5.84 Å². The lowest BCUT2D eigenvalue weighted by Crippen LogP contribution is -2.31. The molecule has 0 saturated carbocycles. The van der Waals surface area contributed by atoms with Crippen LogP contribution in [-0.2, 0) is 0 Å². The molecule has 3 aromatic heterocycles. The van der Waals surface area contributed by atoms with E-state index < -0.39 is 11.8 Å². The molecule has 0 saturated heterocycles. The first-order valence-electron chi connectivity index (χ1n) is 7.88. The summed E-state index contributed by atoms with van der Waals surface area (Å²) in [5, 5.41) is 4.16. The summed E-state index contributed by atoms with van der Waals surface area (Å²) in [4.78, 5) is 36.4. The van der Waals surface area contributed by atoms with Crippen LogP contribution in [0.3, 0.4) is 0 Å². The van der Waals surface area contributed by atoms with E-state index in [2.05, 4.69) is 25.5 Å². The Bertz CT molecular complexity index is 934. The molecule has 4 N–H and O–H groups in total. The van der Waals surface area contributed by atoms with Crippen molar-refractivity contribution in [1.29, 1.82) is 0 Å². The van der Waals surface area contributed by atoms with Gasteiger partial charge in [-0.15, -0.1) is 0 Å². The summed E-state index contributed by atoms with van der Waals surface area (Å²) in [5.41, 5.74) is 5.89. The van der Waals surface area contributed by atoms with Gasteiger partial charge < -0.3 is 0 Å². The lowest BCUT2D eigenvalue weighted by atomic mass is 10.1. The number of hydrazine groups is 1. The van der Waals surface area contributed by atoms with Gasteiger partial charge in [-0.1, -0.05) is 18.2 Å². The smallest absolute Gasteiger partial charge is 0.289 e. The van der Waals surface area contributed by atoms with E-state index >= 15 is 0 Å². The molecular weight excluding hydrogens is 346 g/mol. The summed E-state index contributed by atoms with van der Waals surface area (Å²) in [5.74, 6) is 3.89. The van der Waals surface area contributed by atoms with E-state index in [9.17, 15) is 9.59 Å². The Morgan fingerprint density at radius 1 is 0.778 bits per heavy atom. The summed E-state index contributed by atoms with van der Waals surface area (Å²) in [6, 6.07) is 15.1. The van der Waals surface area contributed by atoms with E-state index in [1.54, 1.807) is 48.8 Å². The number of nitrogens with two attached hydrogens (primary N) is 1. The van der Waals surface area contributed by atoms with Crippen molar-refractivity contribution in [2.75, 3.05) is 0 Å². The first-order valence-corrected chi connectivity index (χ1v) is 7.88. The summed E-state index contributed by atoms with van der Waals surface area (Å²) >= 11 is 0. The molecule has 9 heteroatoms. The Morgan fingerprint density at radius 3 is 1.85 bits per heavy atom. The number of hydrazone groups is 1. The zero-order chi connectivity index (χ0) is 19.1. The van der Waals surface area contributed by atoms with Crippen LogP contribution in [0, 0.1) is 0 Å². The van der Waals surface area contributed by atoms with Crippen molar-refractivity contribution in [2.45, 2.75) is 0 Å². The fourth-order valence-electron chi connectivity index (χ4n) is 2.18. The Hall–Kier alpha value is -3.98. The predicted molar refractivity (Wildman–Crippen MR) is 97.5 cm³/mol. The largest absolute Gasteiger partial charge is 0.289 e. The fraction of sp³-hybridized carbons (Fsp3) is 0. The van der Waals surface area contributed by atoms with Crippen LogP contribution in [0.4, 0.5) is 0 Å². The second-order valence-corrected chi connectivity index (χ2v) is 5.21. The molecular formula is C18H15N7O2. The molecule has 3 heterocycles. The first kappa shape index (κ1) is 17.8. The third-order valence-electron chi connectivity index (χ3n) is 3.43. The van der Waals surface area contributed by atoms with Crippen LogP contribution in [0.15, 0.2) is 72.1 Å². The minimum atomic E-state index is -0.601. The number of carbonyl (C=O) groups is 2. The number of nitrogens with one attached hydrogen (secondary N) is 2. The van der Waals surface area contributed by atoms with Crippen LogP contribution in [0.2, 0.25) is 0 Å². The number of amides is 2. The molecule has 0 bridgehead atoms. The quantitative estimate of drug-likeness (QED) is 0.264. The molecule has 3 rings (SSSR count). The molecule has 0 aromatic carbocycles. The van der Waals surface area contributed by atoms with E-state index in [-0.39, 0.29) is 11.4 Å². The fourth-order valence-corrected chi connectivity index (χ4v) is 2.18. The van der Waals surface area contributed by atoms with Crippen molar-refractivity contribution in [3.05, 3.63) is 89.8 Å². The number of nitrogens with zero attached hydrogens (tertiary/aromatic N) is 4. The van der Waals surface area contributed by atoms with Gasteiger partial charge in [0, 0.05) is 12.4 Å². The zero-order valence-corrected chi connectivity index (χ0v) is 14.0. The monoisotopic (exact) mass is 361 g/mol. The maximum absolute atomic E-state index is 12.4. The van der Waals surface area contributed by atoms with Crippen LogP contribution in [0.5, 0.6) is 0 Å². The number of nitrogen functional groups attached to an aromatic ring is 1. The third-order valence-corrected chi connectivity index (χ3v) is 3.43. The van der Waals surface area contributed by atoms with Crippen LogP contribution in [-0.4, -0.2) is 32.5 Å². The molecule has 0 spiro atoms. The van der Waals surface area contributed by atoms with Gasteiger partial charge in [0.05, 0.1) is 11.4 Å². The van der Waals surface area contributed by atoms with Gasteiger partial charge in [0.25, 0.3) is 11.8 Å². The highest BCUT2D eigenvalue weighted by Gasteiger charge is 2.13. The van der Waals surface area contributed by atoms with E-state index in [0.29, 0.717) is 17.1 Å². The second kappa shape index (κ2) is 8.41. The van der Waals surface area contributed by atoms with Crippen LogP contribution < -0.4 is 16.7 Å². The molecule has 0 aliphatic rings. The maximum atomic E-state index is 12.4. The predicted octanol–water partition coefficient (Wildman–Crippen LogP) is 0.657. The average Bonchev–Trinajstić information content (AvgIpc) is 2.74. The minimum absolute atomic E-state index is 0.0150. The van der Waals surface area contributed by atoms with Crippen molar-refractivity contribution in [1.82, 2.24) is 25.8 Å². The zero-order valence-electron chi connectivity index (χ0n) is 14.0.